The summed E-state index contributed by atoms with van der Waals surface area (Å²) in [5.74, 6) is -0.0910. The summed E-state index contributed by atoms with van der Waals surface area (Å²) in [5, 5.41) is 3.65. The third kappa shape index (κ3) is 4.52. The number of carbonyl (C=O) groups is 1. The minimum atomic E-state index is -0.171. The Labute approximate surface area is 163 Å². The molecule has 6 heteroatoms. The monoisotopic (exact) mass is 381 g/mol. The Morgan fingerprint density at radius 3 is 2.59 bits per heavy atom. The van der Waals surface area contributed by atoms with Gasteiger partial charge < -0.3 is 10.3 Å². The van der Waals surface area contributed by atoms with Gasteiger partial charge in [-0.15, -0.1) is 0 Å². The van der Waals surface area contributed by atoms with Crippen molar-refractivity contribution in [1.29, 1.82) is 0 Å². The summed E-state index contributed by atoms with van der Waals surface area (Å²) in [5.41, 5.74) is 1.63. The maximum absolute atomic E-state index is 12.7. The number of amides is 1. The third-order valence-corrected chi connectivity index (χ3v) is 4.89. The zero-order valence-corrected chi connectivity index (χ0v) is 16.1. The Morgan fingerprint density at radius 2 is 1.85 bits per heavy atom. The highest BCUT2D eigenvalue weighted by molar-refractivity contribution is 7.71. The summed E-state index contributed by atoms with van der Waals surface area (Å²) >= 11 is 5.30. The van der Waals surface area contributed by atoms with Crippen molar-refractivity contribution in [2.24, 2.45) is 0 Å². The van der Waals surface area contributed by atoms with E-state index >= 15 is 0 Å². The predicted molar refractivity (Wildman–Crippen MR) is 110 cm³/mol. The molecule has 0 aliphatic rings. The lowest BCUT2D eigenvalue weighted by molar-refractivity contribution is -0.122. The van der Waals surface area contributed by atoms with Crippen LogP contribution in [0.15, 0.2) is 59.4 Å². The summed E-state index contributed by atoms with van der Waals surface area (Å²) in [6, 6.07) is 17.2. The number of carbonyl (C=O) groups excluding carboxylic acids is 1. The van der Waals surface area contributed by atoms with E-state index in [4.69, 9.17) is 12.2 Å². The average Bonchev–Trinajstić information content (AvgIpc) is 2.68. The molecule has 0 aliphatic carbocycles. The minimum absolute atomic E-state index is 0.0217. The lowest BCUT2D eigenvalue weighted by atomic mass is 10.0. The largest absolute Gasteiger partial charge is 0.349 e. The molecular formula is C21H23N3O2S. The normalized spacial score (nSPS) is 12.0. The Morgan fingerprint density at radius 1 is 1.15 bits per heavy atom. The molecule has 0 spiro atoms. The number of hydrogen-bond acceptors (Lipinski definition) is 3. The molecule has 140 valence electrons. The Balaban J connectivity index is 1.73. The van der Waals surface area contributed by atoms with Crippen LogP contribution in [0.5, 0.6) is 0 Å². The van der Waals surface area contributed by atoms with E-state index in [1.165, 1.54) is 4.57 Å². The summed E-state index contributed by atoms with van der Waals surface area (Å²) in [6.07, 6.45) is 2.03. The molecule has 5 nitrogen and oxygen atoms in total. The maximum Gasteiger partial charge on any atom is 0.262 e. The van der Waals surface area contributed by atoms with E-state index in [9.17, 15) is 9.59 Å². The highest BCUT2D eigenvalue weighted by atomic mass is 32.1. The molecular weight excluding hydrogens is 358 g/mol. The molecule has 1 atom stereocenters. The predicted octanol–water partition coefficient (Wildman–Crippen LogP) is 4.11. The molecule has 1 amide bonds. The molecule has 3 rings (SSSR count). The molecule has 0 saturated carbocycles. The smallest absolute Gasteiger partial charge is 0.262 e. The van der Waals surface area contributed by atoms with Gasteiger partial charge in [-0.25, -0.2) is 0 Å². The zero-order valence-electron chi connectivity index (χ0n) is 15.3. The van der Waals surface area contributed by atoms with E-state index in [0.717, 1.165) is 18.4 Å². The molecule has 2 aromatic carbocycles. The molecule has 0 aliphatic heterocycles. The van der Waals surface area contributed by atoms with E-state index < -0.39 is 0 Å². The van der Waals surface area contributed by atoms with Crippen LogP contribution >= 0.6 is 12.2 Å². The number of rotatable bonds is 7. The number of para-hydroxylation sites is 1. The van der Waals surface area contributed by atoms with Crippen LogP contribution in [0.1, 0.15) is 37.8 Å². The molecule has 3 aromatic rings. The minimum Gasteiger partial charge on any atom is -0.349 e. The van der Waals surface area contributed by atoms with Crippen molar-refractivity contribution in [3.63, 3.8) is 0 Å². The highest BCUT2D eigenvalue weighted by Gasteiger charge is 2.14. The lowest BCUT2D eigenvalue weighted by Crippen LogP contribution is -2.31. The van der Waals surface area contributed by atoms with Crippen LogP contribution in [-0.2, 0) is 11.3 Å². The van der Waals surface area contributed by atoms with Gasteiger partial charge in [0.05, 0.1) is 16.9 Å². The van der Waals surface area contributed by atoms with E-state index in [0.29, 0.717) is 15.7 Å². The highest BCUT2D eigenvalue weighted by Crippen LogP contribution is 2.18. The molecule has 1 aromatic heterocycles. The van der Waals surface area contributed by atoms with E-state index in [1.54, 1.807) is 6.07 Å². The summed E-state index contributed by atoms with van der Waals surface area (Å²) in [6.45, 7) is 2.34. The number of H-pyrrole nitrogens is 1. The van der Waals surface area contributed by atoms with Gasteiger partial charge in [0, 0.05) is 13.0 Å². The topological polar surface area (TPSA) is 66.9 Å². The fourth-order valence-electron chi connectivity index (χ4n) is 3.18. The number of aromatic amines is 1. The molecule has 0 saturated heterocycles. The van der Waals surface area contributed by atoms with Crippen LogP contribution < -0.4 is 10.9 Å². The molecule has 0 fully saturated rings. The molecule has 1 heterocycles. The Bertz CT molecular complexity index is 1040. The quantitative estimate of drug-likeness (QED) is 0.605. The summed E-state index contributed by atoms with van der Waals surface area (Å²) in [4.78, 5) is 28.2. The molecule has 1 unspecified atom stereocenters. The zero-order chi connectivity index (χ0) is 19.2. The van der Waals surface area contributed by atoms with Gasteiger partial charge in [0.15, 0.2) is 4.77 Å². The van der Waals surface area contributed by atoms with Crippen LogP contribution in [0.2, 0.25) is 0 Å². The van der Waals surface area contributed by atoms with Gasteiger partial charge in [-0.1, -0.05) is 55.8 Å². The molecule has 0 radical (unpaired) electrons. The van der Waals surface area contributed by atoms with E-state index in [1.807, 2.05) is 48.5 Å². The number of fused-ring (bicyclic) bond motifs is 1. The van der Waals surface area contributed by atoms with Crippen LogP contribution in [0, 0.1) is 4.77 Å². The first-order valence-electron chi connectivity index (χ1n) is 9.16. The van der Waals surface area contributed by atoms with Crippen molar-refractivity contribution >= 4 is 29.0 Å². The van der Waals surface area contributed by atoms with Crippen LogP contribution in [0.25, 0.3) is 10.9 Å². The van der Waals surface area contributed by atoms with Crippen molar-refractivity contribution in [3.8, 4) is 0 Å². The van der Waals surface area contributed by atoms with E-state index in [-0.39, 0.29) is 30.5 Å². The second-order valence-corrected chi connectivity index (χ2v) is 6.89. The first-order valence-corrected chi connectivity index (χ1v) is 9.57. The number of hydrogen-bond donors (Lipinski definition) is 2. The fourth-order valence-corrected chi connectivity index (χ4v) is 3.46. The van der Waals surface area contributed by atoms with Crippen LogP contribution in [-0.4, -0.2) is 15.5 Å². The summed E-state index contributed by atoms with van der Waals surface area (Å²) < 4.78 is 1.79. The molecule has 2 N–H and O–H groups in total. The summed E-state index contributed by atoms with van der Waals surface area (Å²) in [7, 11) is 0. The third-order valence-electron chi connectivity index (χ3n) is 4.57. The van der Waals surface area contributed by atoms with Crippen molar-refractivity contribution in [3.05, 3.63) is 75.3 Å². The van der Waals surface area contributed by atoms with Gasteiger partial charge in [0.25, 0.3) is 5.56 Å². The molecule has 0 bridgehead atoms. The number of nitrogens with one attached hydrogen (secondary N) is 2. The Kier molecular flexibility index (Phi) is 6.19. The van der Waals surface area contributed by atoms with Gasteiger partial charge in [0.2, 0.25) is 5.91 Å². The van der Waals surface area contributed by atoms with Gasteiger partial charge in [-0.05, 0) is 36.3 Å². The SMILES string of the molecule is CCCC(NC(=O)CCn1c(=S)[nH]c2ccccc2c1=O)c1ccccc1. The lowest BCUT2D eigenvalue weighted by Gasteiger charge is -2.19. The first kappa shape index (κ1) is 19.0. The van der Waals surface area contributed by atoms with Crippen molar-refractivity contribution in [2.75, 3.05) is 0 Å². The first-order chi connectivity index (χ1) is 13.1. The van der Waals surface area contributed by atoms with Gasteiger partial charge in [0.1, 0.15) is 0 Å². The second kappa shape index (κ2) is 8.77. The average molecular weight is 382 g/mol. The van der Waals surface area contributed by atoms with Gasteiger partial charge >= 0.3 is 0 Å². The second-order valence-electron chi connectivity index (χ2n) is 6.50. The molecule has 27 heavy (non-hydrogen) atoms. The number of aromatic nitrogens is 2. The maximum atomic E-state index is 12.7. The van der Waals surface area contributed by atoms with Crippen LogP contribution in [0.4, 0.5) is 0 Å². The standard InChI is InChI=1S/C21H23N3O2S/c1-2-8-17(15-9-4-3-5-10-15)22-19(25)13-14-24-20(26)16-11-6-7-12-18(16)23-21(24)27/h3-7,9-12,17H,2,8,13-14H2,1H3,(H,22,25)(H,23,27). The van der Waals surface area contributed by atoms with Gasteiger partial charge in [-0.2, -0.15) is 0 Å². The number of nitrogens with zero attached hydrogens (tertiary/aromatic N) is 1. The van der Waals surface area contributed by atoms with Crippen LogP contribution in [0.3, 0.4) is 0 Å². The van der Waals surface area contributed by atoms with Crippen molar-refractivity contribution in [2.45, 2.75) is 38.8 Å². The number of benzene rings is 2. The van der Waals surface area contributed by atoms with Gasteiger partial charge in [-0.3, -0.25) is 14.2 Å². The fraction of sp³-hybridized carbons (Fsp3) is 0.286. The van der Waals surface area contributed by atoms with Crippen molar-refractivity contribution < 1.29 is 4.79 Å². The van der Waals surface area contributed by atoms with E-state index in [2.05, 4.69) is 17.2 Å². The van der Waals surface area contributed by atoms with Crippen molar-refractivity contribution in [1.82, 2.24) is 14.9 Å². The Hall–Kier alpha value is -2.73.